The molecule has 8 heteroatoms. The molecule has 1 amide bonds. The van der Waals surface area contributed by atoms with E-state index in [4.69, 9.17) is 14.7 Å². The number of rotatable bonds is 5. The lowest BCUT2D eigenvalue weighted by Crippen LogP contribution is -2.54. The summed E-state index contributed by atoms with van der Waals surface area (Å²) in [6.45, 7) is 7.18. The summed E-state index contributed by atoms with van der Waals surface area (Å²) in [5.41, 5.74) is 1.03. The SMILES string of the molecule is CC(C)(C)OC(=O)N[C@@H]1CCCN(C2CC(c3ccc(F)cc3)CC2Oc2ccc(C#N)cn2)C1. The maximum Gasteiger partial charge on any atom is 0.407 e. The monoisotopic (exact) mass is 480 g/mol. The molecule has 4 rings (SSSR count). The number of carbonyl (C=O) groups is 1. The van der Waals surface area contributed by atoms with Crippen LogP contribution in [-0.4, -0.2) is 52.9 Å². The zero-order valence-corrected chi connectivity index (χ0v) is 20.5. The van der Waals surface area contributed by atoms with E-state index in [1.807, 2.05) is 32.9 Å². The number of benzene rings is 1. The quantitative estimate of drug-likeness (QED) is 0.663. The first-order valence-corrected chi connectivity index (χ1v) is 12.2. The number of hydrogen-bond acceptors (Lipinski definition) is 6. The maximum atomic E-state index is 13.5. The largest absolute Gasteiger partial charge is 0.473 e. The number of aromatic nitrogens is 1. The maximum absolute atomic E-state index is 13.5. The van der Waals surface area contributed by atoms with Gasteiger partial charge in [0.1, 0.15) is 23.6 Å². The third-order valence-corrected chi connectivity index (χ3v) is 6.59. The third-order valence-electron chi connectivity index (χ3n) is 6.59. The van der Waals surface area contributed by atoms with Crippen molar-refractivity contribution in [3.8, 4) is 11.9 Å². The number of hydrogen-bond donors (Lipinski definition) is 1. The van der Waals surface area contributed by atoms with E-state index in [-0.39, 0.29) is 29.9 Å². The number of nitrogens with one attached hydrogen (secondary N) is 1. The molecule has 186 valence electrons. The van der Waals surface area contributed by atoms with Crippen LogP contribution in [0, 0.1) is 17.1 Å². The van der Waals surface area contributed by atoms with Crippen LogP contribution in [0.1, 0.15) is 63.5 Å². The Morgan fingerprint density at radius 2 is 1.97 bits per heavy atom. The third kappa shape index (κ3) is 6.70. The van der Waals surface area contributed by atoms with Crippen LogP contribution in [0.25, 0.3) is 0 Å². The van der Waals surface area contributed by atoms with Gasteiger partial charge in [0.25, 0.3) is 0 Å². The predicted molar refractivity (Wildman–Crippen MR) is 129 cm³/mol. The van der Waals surface area contributed by atoms with Crippen LogP contribution in [0.15, 0.2) is 42.6 Å². The van der Waals surface area contributed by atoms with E-state index in [9.17, 15) is 9.18 Å². The second-order valence-corrected chi connectivity index (χ2v) is 10.4. The molecule has 1 saturated carbocycles. The van der Waals surface area contributed by atoms with E-state index in [1.54, 1.807) is 12.1 Å². The van der Waals surface area contributed by atoms with Gasteiger partial charge < -0.3 is 14.8 Å². The number of carbonyl (C=O) groups excluding carboxylic acids is 1. The molecule has 1 aliphatic carbocycles. The minimum atomic E-state index is -0.542. The van der Waals surface area contributed by atoms with Gasteiger partial charge in [0.2, 0.25) is 5.88 Å². The van der Waals surface area contributed by atoms with E-state index in [1.165, 1.54) is 18.3 Å². The van der Waals surface area contributed by atoms with Gasteiger partial charge in [0, 0.05) is 30.9 Å². The van der Waals surface area contributed by atoms with Gasteiger partial charge in [-0.15, -0.1) is 0 Å². The summed E-state index contributed by atoms with van der Waals surface area (Å²) in [5, 5.41) is 12.1. The van der Waals surface area contributed by atoms with Crippen molar-refractivity contribution in [2.75, 3.05) is 13.1 Å². The Balaban J connectivity index is 1.48. The molecular weight excluding hydrogens is 447 g/mol. The van der Waals surface area contributed by atoms with Crippen LogP contribution >= 0.6 is 0 Å². The molecule has 1 aliphatic heterocycles. The number of amides is 1. The van der Waals surface area contributed by atoms with Gasteiger partial charge in [0.15, 0.2) is 0 Å². The molecular formula is C27H33FN4O3. The predicted octanol–water partition coefficient (Wildman–Crippen LogP) is 4.78. The Hall–Kier alpha value is -3.18. The second kappa shape index (κ2) is 10.6. The molecule has 2 aromatic rings. The van der Waals surface area contributed by atoms with Crippen LogP contribution in [0.3, 0.4) is 0 Å². The molecule has 3 unspecified atom stereocenters. The summed E-state index contributed by atoms with van der Waals surface area (Å²) < 4.78 is 25.3. The average Bonchev–Trinajstić information content (AvgIpc) is 3.22. The topological polar surface area (TPSA) is 87.5 Å². The van der Waals surface area contributed by atoms with Crippen molar-refractivity contribution in [3.05, 3.63) is 59.5 Å². The molecule has 0 radical (unpaired) electrons. The molecule has 1 aromatic carbocycles. The fourth-order valence-electron chi connectivity index (χ4n) is 5.07. The van der Waals surface area contributed by atoms with Gasteiger partial charge >= 0.3 is 6.09 Å². The molecule has 2 fully saturated rings. The molecule has 4 atom stereocenters. The van der Waals surface area contributed by atoms with Crippen molar-refractivity contribution < 1.29 is 18.7 Å². The van der Waals surface area contributed by atoms with E-state index >= 15 is 0 Å². The number of nitrogens with zero attached hydrogens (tertiary/aromatic N) is 3. The van der Waals surface area contributed by atoms with Crippen LogP contribution in [0.4, 0.5) is 9.18 Å². The zero-order chi connectivity index (χ0) is 25.0. The normalized spacial score (nSPS) is 25.0. The van der Waals surface area contributed by atoms with Crippen molar-refractivity contribution >= 4 is 6.09 Å². The smallest absolute Gasteiger partial charge is 0.407 e. The lowest BCUT2D eigenvalue weighted by Gasteiger charge is -2.39. The molecule has 1 aromatic heterocycles. The molecule has 35 heavy (non-hydrogen) atoms. The first kappa shape index (κ1) is 24.9. The molecule has 0 spiro atoms. The highest BCUT2D eigenvalue weighted by atomic mass is 19.1. The minimum Gasteiger partial charge on any atom is -0.473 e. The van der Waals surface area contributed by atoms with Crippen LogP contribution < -0.4 is 10.1 Å². The number of piperidine rings is 1. The highest BCUT2D eigenvalue weighted by Gasteiger charge is 2.41. The fraction of sp³-hybridized carbons (Fsp3) is 0.519. The number of nitriles is 1. The lowest BCUT2D eigenvalue weighted by molar-refractivity contribution is 0.0384. The van der Waals surface area contributed by atoms with Gasteiger partial charge in [-0.2, -0.15) is 5.26 Å². The number of alkyl carbamates (subject to hydrolysis) is 1. The number of pyridine rings is 1. The number of ether oxygens (including phenoxy) is 2. The molecule has 2 heterocycles. The minimum absolute atomic E-state index is 0.00263. The molecule has 1 saturated heterocycles. The summed E-state index contributed by atoms with van der Waals surface area (Å²) in [7, 11) is 0. The van der Waals surface area contributed by atoms with Crippen LogP contribution in [-0.2, 0) is 4.74 Å². The highest BCUT2D eigenvalue weighted by molar-refractivity contribution is 5.68. The standard InChI is InChI=1S/C27H33FN4O3/c1-27(2,3)35-26(33)31-22-5-4-12-32(17-22)23-13-20(19-7-9-21(28)10-8-19)14-24(23)34-25-11-6-18(15-29)16-30-25/h6-11,16,20,22-24H,4-5,12-14,17H2,1-3H3,(H,31,33)/t20?,22-,23?,24?/m1/s1. The van der Waals surface area contributed by atoms with Gasteiger partial charge in [0.05, 0.1) is 5.56 Å². The molecule has 2 aliphatic rings. The van der Waals surface area contributed by atoms with Crippen molar-refractivity contribution in [1.29, 1.82) is 5.26 Å². The Labute approximate surface area is 206 Å². The highest BCUT2D eigenvalue weighted by Crippen LogP contribution is 2.40. The summed E-state index contributed by atoms with van der Waals surface area (Å²) in [5.74, 6) is 0.465. The first-order valence-electron chi connectivity index (χ1n) is 12.2. The summed E-state index contributed by atoms with van der Waals surface area (Å²) in [4.78, 5) is 19.0. The number of likely N-dealkylation sites (tertiary alicyclic amines) is 1. The van der Waals surface area contributed by atoms with Crippen molar-refractivity contribution in [3.63, 3.8) is 0 Å². The average molecular weight is 481 g/mol. The Morgan fingerprint density at radius 1 is 1.20 bits per heavy atom. The van der Waals surface area contributed by atoms with Gasteiger partial charge in [-0.3, -0.25) is 4.90 Å². The van der Waals surface area contributed by atoms with E-state index in [2.05, 4.69) is 21.3 Å². The van der Waals surface area contributed by atoms with E-state index in [0.29, 0.717) is 18.0 Å². The van der Waals surface area contributed by atoms with E-state index in [0.717, 1.165) is 37.8 Å². The second-order valence-electron chi connectivity index (χ2n) is 10.4. The number of halogens is 1. The van der Waals surface area contributed by atoms with E-state index < -0.39 is 11.7 Å². The first-order chi connectivity index (χ1) is 16.7. The summed E-state index contributed by atoms with van der Waals surface area (Å²) >= 11 is 0. The van der Waals surface area contributed by atoms with Crippen molar-refractivity contribution in [2.24, 2.45) is 0 Å². The fourth-order valence-corrected chi connectivity index (χ4v) is 5.07. The van der Waals surface area contributed by atoms with Crippen molar-refractivity contribution in [2.45, 2.75) is 76.2 Å². The summed E-state index contributed by atoms with van der Waals surface area (Å²) in [6, 6.07) is 12.3. The van der Waals surface area contributed by atoms with Crippen LogP contribution in [0.5, 0.6) is 5.88 Å². The molecule has 7 nitrogen and oxygen atoms in total. The van der Waals surface area contributed by atoms with Gasteiger partial charge in [-0.25, -0.2) is 14.2 Å². The Bertz CT molecular complexity index is 1050. The van der Waals surface area contributed by atoms with Gasteiger partial charge in [-0.1, -0.05) is 12.1 Å². The lowest BCUT2D eigenvalue weighted by atomic mass is 9.97. The summed E-state index contributed by atoms with van der Waals surface area (Å²) in [6.07, 6.45) is 4.50. The van der Waals surface area contributed by atoms with Gasteiger partial charge in [-0.05, 0) is 82.7 Å². The zero-order valence-electron chi connectivity index (χ0n) is 20.5. The molecule has 1 N–H and O–H groups in total. The van der Waals surface area contributed by atoms with Crippen LogP contribution in [0.2, 0.25) is 0 Å². The Kier molecular flexibility index (Phi) is 7.56. The molecule has 0 bridgehead atoms. The van der Waals surface area contributed by atoms with Crippen molar-refractivity contribution in [1.82, 2.24) is 15.2 Å². The Morgan fingerprint density at radius 3 is 2.63 bits per heavy atom.